The lowest BCUT2D eigenvalue weighted by Gasteiger charge is -2.17. The summed E-state index contributed by atoms with van der Waals surface area (Å²) in [6.07, 6.45) is 11.7. The molecule has 136 valence electrons. The van der Waals surface area contributed by atoms with Crippen LogP contribution < -0.4 is 0 Å². The van der Waals surface area contributed by atoms with Crippen LogP contribution in [0.2, 0.25) is 0 Å². The molecule has 1 heterocycles. The first-order chi connectivity index (χ1) is 12.7. The summed E-state index contributed by atoms with van der Waals surface area (Å²) in [6, 6.07) is 6.04. The van der Waals surface area contributed by atoms with Crippen LogP contribution in [0.25, 0.3) is 11.0 Å². The predicted octanol–water partition coefficient (Wildman–Crippen LogP) is 4.17. The van der Waals surface area contributed by atoms with E-state index in [1.165, 1.54) is 0 Å². The molecule has 5 heteroatoms. The number of fused-ring (bicyclic) bond motifs is 1. The van der Waals surface area contributed by atoms with Crippen LogP contribution in [0.4, 0.5) is 0 Å². The quantitative estimate of drug-likeness (QED) is 0.722. The van der Waals surface area contributed by atoms with Gasteiger partial charge in [-0.3, -0.25) is 4.79 Å². The second kappa shape index (κ2) is 8.72. The van der Waals surface area contributed by atoms with Gasteiger partial charge >= 0.3 is 5.97 Å². The fourth-order valence-electron chi connectivity index (χ4n) is 3.24. The van der Waals surface area contributed by atoms with Gasteiger partial charge in [0.2, 0.25) is 0 Å². The summed E-state index contributed by atoms with van der Waals surface area (Å²) in [5.41, 5.74) is 4.80. The fourth-order valence-corrected chi connectivity index (χ4v) is 3.24. The van der Waals surface area contributed by atoms with Gasteiger partial charge in [-0.05, 0) is 43.4 Å². The molecule has 0 saturated carbocycles. The SMILES string of the molecule is COCc1ccc2nc(C3C=CC=CC3)c(CCCCC(=O)O)nc2c1. The minimum atomic E-state index is -0.751. The van der Waals surface area contributed by atoms with Crippen LogP contribution in [-0.2, 0) is 22.6 Å². The molecule has 1 N–H and O–H groups in total. The highest BCUT2D eigenvalue weighted by Crippen LogP contribution is 2.28. The number of carboxylic acids is 1. The van der Waals surface area contributed by atoms with Crippen molar-refractivity contribution in [3.05, 3.63) is 59.5 Å². The Labute approximate surface area is 153 Å². The monoisotopic (exact) mass is 352 g/mol. The van der Waals surface area contributed by atoms with Gasteiger partial charge in [-0.2, -0.15) is 0 Å². The zero-order valence-corrected chi connectivity index (χ0v) is 15.0. The van der Waals surface area contributed by atoms with Crippen molar-refractivity contribution in [1.82, 2.24) is 9.97 Å². The van der Waals surface area contributed by atoms with Gasteiger partial charge in [0.1, 0.15) is 0 Å². The molecule has 3 rings (SSSR count). The topological polar surface area (TPSA) is 72.3 Å². The molecule has 1 aromatic carbocycles. The summed E-state index contributed by atoms with van der Waals surface area (Å²) >= 11 is 0. The summed E-state index contributed by atoms with van der Waals surface area (Å²) in [6.45, 7) is 0.545. The first-order valence-electron chi connectivity index (χ1n) is 9.01. The van der Waals surface area contributed by atoms with Gasteiger partial charge < -0.3 is 9.84 Å². The molecular weight excluding hydrogens is 328 g/mol. The Balaban J connectivity index is 1.91. The number of nitrogens with zero attached hydrogens (tertiary/aromatic N) is 2. The van der Waals surface area contributed by atoms with Gasteiger partial charge in [0, 0.05) is 19.4 Å². The van der Waals surface area contributed by atoms with Gasteiger partial charge in [-0.1, -0.05) is 30.4 Å². The summed E-state index contributed by atoms with van der Waals surface area (Å²) in [7, 11) is 1.68. The van der Waals surface area contributed by atoms with Crippen molar-refractivity contribution in [2.75, 3.05) is 7.11 Å². The Bertz CT molecular complexity index is 843. The van der Waals surface area contributed by atoms with Crippen molar-refractivity contribution < 1.29 is 14.6 Å². The Morgan fingerprint density at radius 1 is 1.23 bits per heavy atom. The molecule has 0 fully saturated rings. The number of carboxylic acid groups (broad SMARTS) is 1. The zero-order valence-electron chi connectivity index (χ0n) is 15.0. The van der Waals surface area contributed by atoms with Crippen molar-refractivity contribution in [3.8, 4) is 0 Å². The van der Waals surface area contributed by atoms with E-state index in [1.807, 2.05) is 18.2 Å². The summed E-state index contributed by atoms with van der Waals surface area (Å²) in [4.78, 5) is 20.5. The van der Waals surface area contributed by atoms with Crippen LogP contribution in [-0.4, -0.2) is 28.2 Å². The van der Waals surface area contributed by atoms with Crippen molar-refractivity contribution in [2.24, 2.45) is 0 Å². The van der Waals surface area contributed by atoms with E-state index < -0.39 is 5.97 Å². The predicted molar refractivity (Wildman–Crippen MR) is 101 cm³/mol. The van der Waals surface area contributed by atoms with E-state index in [1.54, 1.807) is 7.11 Å². The van der Waals surface area contributed by atoms with E-state index in [2.05, 4.69) is 24.3 Å². The average molecular weight is 352 g/mol. The number of unbranched alkanes of at least 4 members (excludes halogenated alkanes) is 1. The number of ether oxygens (including phenoxy) is 1. The van der Waals surface area contributed by atoms with Gasteiger partial charge in [0.15, 0.2) is 0 Å². The zero-order chi connectivity index (χ0) is 18.4. The Morgan fingerprint density at radius 3 is 2.85 bits per heavy atom. The lowest BCUT2D eigenvalue weighted by atomic mass is 9.93. The molecule has 0 saturated heterocycles. The van der Waals surface area contributed by atoms with Gasteiger partial charge in [0.05, 0.1) is 29.0 Å². The molecule has 5 nitrogen and oxygen atoms in total. The average Bonchev–Trinajstić information content (AvgIpc) is 2.65. The maximum absolute atomic E-state index is 10.7. The number of carbonyl (C=O) groups is 1. The number of hydrogen-bond acceptors (Lipinski definition) is 4. The van der Waals surface area contributed by atoms with Crippen molar-refractivity contribution in [3.63, 3.8) is 0 Å². The third-order valence-corrected chi connectivity index (χ3v) is 4.53. The fraction of sp³-hybridized carbons (Fsp3) is 0.381. The number of benzene rings is 1. The van der Waals surface area contributed by atoms with Crippen LogP contribution in [0.5, 0.6) is 0 Å². The van der Waals surface area contributed by atoms with Crippen LogP contribution in [0.1, 0.15) is 48.6 Å². The highest BCUT2D eigenvalue weighted by atomic mass is 16.5. The number of methoxy groups -OCH3 is 1. The molecule has 0 spiro atoms. The third-order valence-electron chi connectivity index (χ3n) is 4.53. The lowest BCUT2D eigenvalue weighted by molar-refractivity contribution is -0.137. The molecule has 26 heavy (non-hydrogen) atoms. The van der Waals surface area contributed by atoms with E-state index in [9.17, 15) is 4.79 Å². The van der Waals surface area contributed by atoms with E-state index in [4.69, 9.17) is 19.8 Å². The van der Waals surface area contributed by atoms with E-state index in [-0.39, 0.29) is 12.3 Å². The highest BCUT2D eigenvalue weighted by molar-refractivity contribution is 5.75. The maximum atomic E-state index is 10.7. The van der Waals surface area contributed by atoms with Crippen molar-refractivity contribution >= 4 is 17.0 Å². The molecule has 1 aliphatic rings. The highest BCUT2D eigenvalue weighted by Gasteiger charge is 2.17. The van der Waals surface area contributed by atoms with Crippen molar-refractivity contribution in [1.29, 1.82) is 0 Å². The van der Waals surface area contributed by atoms with E-state index >= 15 is 0 Å². The maximum Gasteiger partial charge on any atom is 0.303 e. The minimum Gasteiger partial charge on any atom is -0.481 e. The first-order valence-corrected chi connectivity index (χ1v) is 9.01. The van der Waals surface area contributed by atoms with Gasteiger partial charge in [0.25, 0.3) is 0 Å². The lowest BCUT2D eigenvalue weighted by Crippen LogP contribution is -2.08. The number of allylic oxidation sites excluding steroid dienone is 4. The molecule has 0 bridgehead atoms. The molecule has 1 unspecified atom stereocenters. The van der Waals surface area contributed by atoms with Crippen LogP contribution in [0, 0.1) is 0 Å². The third kappa shape index (κ3) is 4.55. The molecule has 2 aromatic rings. The van der Waals surface area contributed by atoms with Crippen LogP contribution in [0.15, 0.2) is 42.5 Å². The number of aryl methyl sites for hydroxylation is 1. The van der Waals surface area contributed by atoms with Gasteiger partial charge in [-0.15, -0.1) is 0 Å². The van der Waals surface area contributed by atoms with E-state index in [0.717, 1.165) is 47.2 Å². The summed E-state index contributed by atoms with van der Waals surface area (Å²) in [5, 5.41) is 8.83. The largest absolute Gasteiger partial charge is 0.481 e. The Morgan fingerprint density at radius 2 is 2.12 bits per heavy atom. The molecular formula is C21H24N2O3. The number of hydrogen-bond donors (Lipinski definition) is 1. The summed E-state index contributed by atoms with van der Waals surface area (Å²) < 4.78 is 5.21. The molecule has 1 atom stereocenters. The van der Waals surface area contributed by atoms with Crippen LogP contribution >= 0.6 is 0 Å². The van der Waals surface area contributed by atoms with Crippen LogP contribution in [0.3, 0.4) is 0 Å². The minimum absolute atomic E-state index is 0.195. The number of rotatable bonds is 8. The standard InChI is InChI=1S/C21H24N2O3/c1-26-14-15-11-12-17-19(13-15)22-18(9-5-6-10-20(24)25)21(23-17)16-7-3-2-4-8-16/h2-4,7,11-13,16H,5-6,8-10,14H2,1H3,(H,24,25). The number of aliphatic carboxylic acids is 1. The molecule has 0 amide bonds. The second-order valence-corrected chi connectivity index (χ2v) is 6.57. The van der Waals surface area contributed by atoms with Gasteiger partial charge in [-0.25, -0.2) is 9.97 Å². The number of aromatic nitrogens is 2. The normalized spacial score (nSPS) is 16.3. The van der Waals surface area contributed by atoms with Crippen molar-refractivity contribution in [2.45, 2.75) is 44.6 Å². The second-order valence-electron chi connectivity index (χ2n) is 6.57. The Kier molecular flexibility index (Phi) is 6.12. The summed E-state index contributed by atoms with van der Waals surface area (Å²) in [5.74, 6) is -0.524. The molecule has 1 aromatic heterocycles. The molecule has 0 aliphatic heterocycles. The molecule has 0 radical (unpaired) electrons. The smallest absolute Gasteiger partial charge is 0.303 e. The first kappa shape index (κ1) is 18.3. The van der Waals surface area contributed by atoms with E-state index in [0.29, 0.717) is 13.0 Å². The molecule has 1 aliphatic carbocycles. The Hall–Kier alpha value is -2.53.